The van der Waals surface area contributed by atoms with Crippen molar-refractivity contribution in [3.05, 3.63) is 60.2 Å². The Morgan fingerprint density at radius 3 is 2.26 bits per heavy atom. The van der Waals surface area contributed by atoms with Crippen molar-refractivity contribution in [2.75, 3.05) is 7.05 Å². The van der Waals surface area contributed by atoms with Gasteiger partial charge in [0, 0.05) is 13.1 Å². The molecule has 0 spiro atoms. The minimum absolute atomic E-state index is 0.0988. The molecule has 2 N–H and O–H groups in total. The van der Waals surface area contributed by atoms with Gasteiger partial charge >= 0.3 is 0 Å². The van der Waals surface area contributed by atoms with Gasteiger partial charge in [-0.15, -0.1) is 0 Å². The summed E-state index contributed by atoms with van der Waals surface area (Å²) in [6.07, 6.45) is 6.74. The van der Waals surface area contributed by atoms with E-state index in [1.807, 2.05) is 37.3 Å². The van der Waals surface area contributed by atoms with Crippen molar-refractivity contribution in [2.45, 2.75) is 52.6 Å². The second kappa shape index (κ2) is 12.8. The van der Waals surface area contributed by atoms with Crippen molar-refractivity contribution < 1.29 is 24.0 Å². The first-order chi connectivity index (χ1) is 16.6. The van der Waals surface area contributed by atoms with Crippen molar-refractivity contribution in [2.24, 2.45) is 17.8 Å². The van der Waals surface area contributed by atoms with E-state index in [2.05, 4.69) is 10.6 Å². The lowest BCUT2D eigenvalue weighted by Gasteiger charge is -2.26. The van der Waals surface area contributed by atoms with Crippen molar-refractivity contribution in [3.8, 4) is 0 Å². The fourth-order valence-electron chi connectivity index (χ4n) is 4.20. The van der Waals surface area contributed by atoms with Gasteiger partial charge < -0.3 is 10.6 Å². The van der Waals surface area contributed by atoms with Gasteiger partial charge in [-0.25, -0.2) is 0 Å². The van der Waals surface area contributed by atoms with E-state index in [4.69, 9.17) is 0 Å². The Morgan fingerprint density at radius 2 is 1.69 bits per heavy atom. The molecule has 1 heterocycles. The topological polar surface area (TPSA) is 113 Å². The molecule has 4 atom stereocenters. The normalized spacial score (nSPS) is 20.0. The maximum Gasteiger partial charge on any atom is 0.244 e. The van der Waals surface area contributed by atoms with E-state index in [1.165, 1.54) is 13.1 Å². The largest absolute Gasteiger partial charge is 0.346 e. The molecule has 1 fully saturated rings. The Morgan fingerprint density at radius 1 is 1.03 bits per heavy atom. The number of allylic oxidation sites excluding steroid dienone is 3. The third-order valence-electron chi connectivity index (χ3n) is 6.14. The van der Waals surface area contributed by atoms with Crippen LogP contribution in [0.15, 0.2) is 54.6 Å². The molecule has 0 aromatic heterocycles. The molecular weight excluding hydrogens is 446 g/mol. The van der Waals surface area contributed by atoms with Crippen LogP contribution in [-0.2, 0) is 24.0 Å². The second-order valence-electron chi connectivity index (χ2n) is 8.98. The van der Waals surface area contributed by atoms with Crippen LogP contribution in [-0.4, -0.2) is 47.4 Å². The van der Waals surface area contributed by atoms with E-state index in [0.29, 0.717) is 6.42 Å². The zero-order valence-electron chi connectivity index (χ0n) is 21.0. The first-order valence-electron chi connectivity index (χ1n) is 11.9. The summed E-state index contributed by atoms with van der Waals surface area (Å²) in [5.41, 5.74) is 0.743. The molecule has 0 bridgehead atoms. The molecule has 1 aromatic rings. The molecule has 8 heteroatoms. The summed E-state index contributed by atoms with van der Waals surface area (Å²) in [5.74, 6) is -4.29. The highest BCUT2D eigenvalue weighted by Gasteiger charge is 2.50. The third-order valence-corrected chi connectivity index (χ3v) is 6.14. The van der Waals surface area contributed by atoms with Crippen LogP contribution in [0.4, 0.5) is 0 Å². The quantitative estimate of drug-likeness (QED) is 0.218. The van der Waals surface area contributed by atoms with Crippen molar-refractivity contribution >= 4 is 29.4 Å². The number of amides is 4. The van der Waals surface area contributed by atoms with E-state index < -0.39 is 41.5 Å². The number of rotatable bonds is 11. The number of carbonyl (C=O) groups is 5. The average molecular weight is 482 g/mol. The highest BCUT2D eigenvalue weighted by atomic mass is 16.2. The van der Waals surface area contributed by atoms with Gasteiger partial charge in [-0.2, -0.15) is 0 Å². The van der Waals surface area contributed by atoms with Crippen LogP contribution in [0.25, 0.3) is 0 Å². The van der Waals surface area contributed by atoms with Gasteiger partial charge in [-0.05, 0) is 24.8 Å². The van der Waals surface area contributed by atoms with E-state index in [9.17, 15) is 24.0 Å². The number of imide groups is 1. The van der Waals surface area contributed by atoms with Gasteiger partial charge in [0.25, 0.3) is 0 Å². The lowest BCUT2D eigenvalue weighted by molar-refractivity contribution is -0.141. The minimum Gasteiger partial charge on any atom is -0.346 e. The highest BCUT2D eigenvalue weighted by Crippen LogP contribution is 2.30. The summed E-state index contributed by atoms with van der Waals surface area (Å²) in [4.78, 5) is 64.8. The van der Waals surface area contributed by atoms with Gasteiger partial charge in [-0.1, -0.05) is 69.3 Å². The first-order valence-corrected chi connectivity index (χ1v) is 11.9. The zero-order chi connectivity index (χ0) is 26.1. The fourth-order valence-corrected chi connectivity index (χ4v) is 4.20. The average Bonchev–Trinajstić information content (AvgIpc) is 3.05. The van der Waals surface area contributed by atoms with Crippen LogP contribution < -0.4 is 10.6 Å². The first kappa shape index (κ1) is 27.7. The third kappa shape index (κ3) is 6.97. The smallest absolute Gasteiger partial charge is 0.244 e. The molecule has 0 unspecified atom stereocenters. The number of hydrogen-bond donors (Lipinski definition) is 2. The van der Waals surface area contributed by atoms with Gasteiger partial charge in [-0.3, -0.25) is 28.9 Å². The Bertz CT molecular complexity index is 999. The molecule has 0 radical (unpaired) electrons. The van der Waals surface area contributed by atoms with E-state index >= 15 is 0 Å². The molecular formula is C27H35N3O5. The monoisotopic (exact) mass is 481 g/mol. The molecule has 4 amide bonds. The molecule has 35 heavy (non-hydrogen) atoms. The summed E-state index contributed by atoms with van der Waals surface area (Å²) >= 11 is 0. The minimum atomic E-state index is -1.11. The predicted molar refractivity (Wildman–Crippen MR) is 133 cm³/mol. The van der Waals surface area contributed by atoms with Crippen molar-refractivity contribution in [1.29, 1.82) is 0 Å². The van der Waals surface area contributed by atoms with Gasteiger partial charge in [0.15, 0.2) is 5.78 Å². The van der Waals surface area contributed by atoms with E-state index in [1.54, 1.807) is 39.0 Å². The SMILES string of the molecule is C/C=C/C=C/C(=O)N[C@@H](CC(=O)N[C@H](C(=O)[C@@H]1C(=O)N(C)C(=O)[C@H]1CC)C(C)C)c1ccccc1. The molecule has 8 nitrogen and oxygen atoms in total. The van der Waals surface area contributed by atoms with Crippen LogP contribution in [0.2, 0.25) is 0 Å². The summed E-state index contributed by atoms with van der Waals surface area (Å²) in [7, 11) is 1.38. The zero-order valence-corrected chi connectivity index (χ0v) is 21.0. The predicted octanol–water partition coefficient (Wildman–Crippen LogP) is 2.72. The van der Waals surface area contributed by atoms with Gasteiger partial charge in [0.05, 0.1) is 24.4 Å². The summed E-state index contributed by atoms with van der Waals surface area (Å²) in [5, 5.41) is 5.60. The second-order valence-corrected chi connectivity index (χ2v) is 8.98. The molecule has 1 aliphatic rings. The lowest BCUT2D eigenvalue weighted by Crippen LogP contribution is -2.49. The standard InChI is InChI=1S/C27H35N3O5/c1-6-8-10-15-21(31)28-20(18-13-11-9-12-14-18)16-22(32)29-24(17(3)4)25(33)23-19(7-2)26(34)30(5)27(23)35/h6,8-15,17,19-20,23-24H,7,16H2,1-5H3,(H,28,31)(H,29,32)/b8-6+,15-10+/t19-,20-,23+,24-/m0/s1. The van der Waals surface area contributed by atoms with Crippen LogP contribution in [0, 0.1) is 17.8 Å². The summed E-state index contributed by atoms with van der Waals surface area (Å²) in [6, 6.07) is 7.52. The molecule has 1 saturated heterocycles. The number of ketones is 1. The Balaban J connectivity index is 2.20. The molecule has 0 saturated carbocycles. The molecule has 188 valence electrons. The fraction of sp³-hybridized carbons (Fsp3) is 0.444. The Kier molecular flexibility index (Phi) is 10.1. The van der Waals surface area contributed by atoms with E-state index in [0.717, 1.165) is 10.5 Å². The van der Waals surface area contributed by atoms with Crippen LogP contribution >= 0.6 is 0 Å². The van der Waals surface area contributed by atoms with Crippen LogP contribution in [0.1, 0.15) is 52.1 Å². The number of benzene rings is 1. The summed E-state index contributed by atoms with van der Waals surface area (Å²) < 4.78 is 0. The van der Waals surface area contributed by atoms with Crippen molar-refractivity contribution in [3.63, 3.8) is 0 Å². The molecule has 1 aliphatic heterocycles. The van der Waals surface area contributed by atoms with E-state index in [-0.39, 0.29) is 24.2 Å². The Labute approximate surface area is 206 Å². The highest BCUT2D eigenvalue weighted by molar-refractivity contribution is 6.16. The summed E-state index contributed by atoms with van der Waals surface area (Å²) in [6.45, 7) is 7.15. The van der Waals surface area contributed by atoms with Crippen LogP contribution in [0.3, 0.4) is 0 Å². The van der Waals surface area contributed by atoms with Crippen molar-refractivity contribution in [1.82, 2.24) is 15.5 Å². The molecule has 1 aromatic carbocycles. The maximum atomic E-state index is 13.4. The molecule has 2 rings (SSSR count). The van der Waals surface area contributed by atoms with Gasteiger partial charge in [0.2, 0.25) is 23.6 Å². The van der Waals surface area contributed by atoms with Crippen LogP contribution in [0.5, 0.6) is 0 Å². The number of likely N-dealkylation sites (tertiary alicyclic amines) is 1. The number of hydrogen-bond acceptors (Lipinski definition) is 5. The lowest BCUT2D eigenvalue weighted by atomic mass is 9.83. The maximum absolute atomic E-state index is 13.4. The number of nitrogens with one attached hydrogen (secondary N) is 2. The number of Topliss-reactive ketones (excluding diaryl/α,β-unsaturated/α-hetero) is 1. The van der Waals surface area contributed by atoms with Gasteiger partial charge in [0.1, 0.15) is 5.92 Å². The molecule has 0 aliphatic carbocycles. The number of nitrogens with zero attached hydrogens (tertiary/aromatic N) is 1. The number of carbonyl (C=O) groups excluding carboxylic acids is 5. The Hall–Kier alpha value is -3.55.